The van der Waals surface area contributed by atoms with E-state index in [0.717, 1.165) is 16.8 Å². The highest BCUT2D eigenvalue weighted by molar-refractivity contribution is 7.81. The van der Waals surface area contributed by atoms with Gasteiger partial charge in [-0.2, -0.15) is 0 Å². The van der Waals surface area contributed by atoms with Crippen molar-refractivity contribution in [1.29, 1.82) is 0 Å². The number of nitrogens with zero attached hydrogens (tertiary/aromatic N) is 2. The minimum Gasteiger partial charge on any atom is -0.493 e. The number of para-hydroxylation sites is 1. The van der Waals surface area contributed by atoms with Crippen LogP contribution in [0.1, 0.15) is 11.4 Å². The van der Waals surface area contributed by atoms with Gasteiger partial charge in [0.05, 0.1) is 31.7 Å². The van der Waals surface area contributed by atoms with Gasteiger partial charge in [0.15, 0.2) is 11.5 Å². The largest absolute Gasteiger partial charge is 0.493 e. The molecule has 2 aromatic carbocycles. The third kappa shape index (κ3) is 2.94. The van der Waals surface area contributed by atoms with Gasteiger partial charge in [-0.3, -0.25) is 0 Å². The van der Waals surface area contributed by atoms with Gasteiger partial charge in [-0.15, -0.1) is 0 Å². The van der Waals surface area contributed by atoms with E-state index >= 15 is 0 Å². The zero-order valence-electron chi connectivity index (χ0n) is 15.4. The summed E-state index contributed by atoms with van der Waals surface area (Å²) in [6.45, 7) is 0. The highest BCUT2D eigenvalue weighted by Gasteiger charge is 2.21. The summed E-state index contributed by atoms with van der Waals surface area (Å²) in [4.78, 5) is 10.6. The number of ether oxygens (including phenoxy) is 3. The second kappa shape index (κ2) is 7.21. The minimum absolute atomic E-state index is 0.500. The van der Waals surface area contributed by atoms with Gasteiger partial charge in [0.1, 0.15) is 11.3 Å². The first-order valence-electron chi connectivity index (χ1n) is 8.01. The molecule has 0 atom stereocenters. The summed E-state index contributed by atoms with van der Waals surface area (Å²) in [5, 5.41) is 0. The maximum atomic E-state index is 5.71. The third-order valence-corrected chi connectivity index (χ3v) is 4.54. The fourth-order valence-electron chi connectivity index (χ4n) is 2.91. The molecule has 3 rings (SSSR count). The summed E-state index contributed by atoms with van der Waals surface area (Å²) in [6.07, 6.45) is 0. The lowest BCUT2D eigenvalue weighted by Gasteiger charge is -2.17. The summed E-state index contributed by atoms with van der Waals surface area (Å²) in [5.74, 6) is 2.16. The smallest absolute Gasteiger partial charge is 0.205 e. The van der Waals surface area contributed by atoms with Gasteiger partial charge in [0, 0.05) is 31.4 Å². The molecular weight excluding hydrogens is 350 g/mol. The molecule has 26 heavy (non-hydrogen) atoms. The molecule has 0 unspecified atom stereocenters. The highest BCUT2D eigenvalue weighted by atomic mass is 32.1. The standard InChI is InChI=1S/C19H21N3O3S/c1-22(2)13-9-7-6-8-11(13)18(26)19-20-12-10-14(23-3)16(24-4)17(25-5)15(12)21-19/h6-10H,1-5H3,(H,20,21). The van der Waals surface area contributed by atoms with Gasteiger partial charge >= 0.3 is 0 Å². The molecule has 136 valence electrons. The zero-order valence-corrected chi connectivity index (χ0v) is 16.2. The molecule has 0 aliphatic carbocycles. The first-order valence-corrected chi connectivity index (χ1v) is 8.42. The Bertz CT molecular complexity index is 966. The Kier molecular flexibility index (Phi) is 4.99. The molecular formula is C19H21N3O3S. The fourth-order valence-corrected chi connectivity index (χ4v) is 3.17. The minimum atomic E-state index is 0.500. The van der Waals surface area contributed by atoms with Crippen LogP contribution in [0.5, 0.6) is 17.2 Å². The van der Waals surface area contributed by atoms with Crippen LogP contribution in [0, 0.1) is 0 Å². The maximum Gasteiger partial charge on any atom is 0.205 e. The van der Waals surface area contributed by atoms with Crippen molar-refractivity contribution < 1.29 is 14.2 Å². The Morgan fingerprint density at radius 3 is 2.35 bits per heavy atom. The van der Waals surface area contributed by atoms with Gasteiger partial charge in [-0.25, -0.2) is 4.98 Å². The van der Waals surface area contributed by atoms with Gasteiger partial charge in [-0.05, 0) is 6.07 Å². The number of rotatable bonds is 6. The van der Waals surface area contributed by atoms with Crippen LogP contribution < -0.4 is 19.1 Å². The summed E-state index contributed by atoms with van der Waals surface area (Å²) in [6, 6.07) is 9.79. The van der Waals surface area contributed by atoms with Crippen LogP contribution >= 0.6 is 12.2 Å². The number of anilines is 1. The highest BCUT2D eigenvalue weighted by Crippen LogP contribution is 2.42. The summed E-state index contributed by atoms with van der Waals surface area (Å²) >= 11 is 5.71. The lowest BCUT2D eigenvalue weighted by atomic mass is 10.1. The molecule has 6 nitrogen and oxygen atoms in total. The summed E-state index contributed by atoms with van der Waals surface area (Å²) in [5.41, 5.74) is 3.37. The molecule has 0 saturated heterocycles. The van der Waals surface area contributed by atoms with Gasteiger partial charge in [0.25, 0.3) is 0 Å². The van der Waals surface area contributed by atoms with Crippen molar-refractivity contribution >= 4 is 33.8 Å². The molecule has 1 heterocycles. The molecule has 0 aliphatic rings. The number of hydrogen-bond acceptors (Lipinski definition) is 6. The molecule has 0 bridgehead atoms. The molecule has 1 N–H and O–H groups in total. The van der Waals surface area contributed by atoms with Crippen LogP contribution in [-0.2, 0) is 0 Å². The maximum absolute atomic E-state index is 5.71. The average molecular weight is 371 g/mol. The predicted molar refractivity (Wildman–Crippen MR) is 107 cm³/mol. The number of methoxy groups -OCH3 is 3. The lowest BCUT2D eigenvalue weighted by molar-refractivity contribution is 0.327. The Morgan fingerprint density at radius 2 is 1.73 bits per heavy atom. The van der Waals surface area contributed by atoms with Crippen molar-refractivity contribution in [3.8, 4) is 17.2 Å². The zero-order chi connectivity index (χ0) is 18.8. The number of fused-ring (bicyclic) bond motifs is 1. The van der Waals surface area contributed by atoms with Crippen LogP contribution in [0.4, 0.5) is 5.69 Å². The molecule has 1 aromatic heterocycles. The molecule has 0 saturated carbocycles. The van der Waals surface area contributed by atoms with E-state index < -0.39 is 0 Å². The average Bonchev–Trinajstić information content (AvgIpc) is 3.09. The van der Waals surface area contributed by atoms with Gasteiger partial charge in [-0.1, -0.05) is 30.4 Å². The van der Waals surface area contributed by atoms with E-state index in [1.807, 2.05) is 49.3 Å². The summed E-state index contributed by atoms with van der Waals surface area (Å²) in [7, 11) is 8.69. The van der Waals surface area contributed by atoms with Crippen LogP contribution in [0.25, 0.3) is 11.0 Å². The van der Waals surface area contributed by atoms with Crippen LogP contribution in [0.15, 0.2) is 30.3 Å². The van der Waals surface area contributed by atoms with Crippen molar-refractivity contribution in [3.63, 3.8) is 0 Å². The van der Waals surface area contributed by atoms with E-state index in [-0.39, 0.29) is 0 Å². The van der Waals surface area contributed by atoms with E-state index in [0.29, 0.717) is 33.5 Å². The van der Waals surface area contributed by atoms with Crippen molar-refractivity contribution in [2.75, 3.05) is 40.3 Å². The molecule has 0 fully saturated rings. The Hall–Kier alpha value is -2.80. The lowest BCUT2D eigenvalue weighted by Crippen LogP contribution is -2.14. The van der Waals surface area contributed by atoms with E-state index in [1.54, 1.807) is 21.3 Å². The number of thiocarbonyl (C=S) groups is 1. The van der Waals surface area contributed by atoms with E-state index in [1.165, 1.54) is 0 Å². The number of imidazole rings is 1. The fraction of sp³-hybridized carbons (Fsp3) is 0.263. The van der Waals surface area contributed by atoms with Crippen LogP contribution in [0.2, 0.25) is 0 Å². The Morgan fingerprint density at radius 1 is 1.04 bits per heavy atom. The second-order valence-corrected chi connectivity index (χ2v) is 6.28. The number of aromatic nitrogens is 2. The van der Waals surface area contributed by atoms with Crippen LogP contribution in [0.3, 0.4) is 0 Å². The Balaban J connectivity index is 2.17. The van der Waals surface area contributed by atoms with Crippen LogP contribution in [-0.4, -0.2) is 50.3 Å². The molecule has 0 amide bonds. The molecule has 3 aromatic rings. The topological polar surface area (TPSA) is 59.6 Å². The monoisotopic (exact) mass is 371 g/mol. The SMILES string of the molecule is COc1cc2[nH]c(C(=S)c3ccccc3N(C)C)nc2c(OC)c1OC. The van der Waals surface area contributed by atoms with Crippen molar-refractivity contribution in [3.05, 3.63) is 41.7 Å². The quantitative estimate of drug-likeness (QED) is 0.529. The number of benzene rings is 2. The third-order valence-electron chi connectivity index (χ3n) is 4.13. The van der Waals surface area contributed by atoms with Gasteiger partial charge < -0.3 is 24.1 Å². The first kappa shape index (κ1) is 18.0. The Labute approximate surface area is 157 Å². The molecule has 7 heteroatoms. The van der Waals surface area contributed by atoms with E-state index in [2.05, 4.69) is 9.97 Å². The van der Waals surface area contributed by atoms with E-state index in [4.69, 9.17) is 26.4 Å². The number of nitrogens with one attached hydrogen (secondary N) is 1. The number of H-pyrrole nitrogens is 1. The number of hydrogen-bond donors (Lipinski definition) is 1. The molecule has 0 aliphatic heterocycles. The van der Waals surface area contributed by atoms with Crippen molar-refractivity contribution in [1.82, 2.24) is 9.97 Å². The molecule has 0 spiro atoms. The number of aromatic amines is 1. The van der Waals surface area contributed by atoms with Crippen molar-refractivity contribution in [2.45, 2.75) is 0 Å². The second-order valence-electron chi connectivity index (χ2n) is 5.87. The van der Waals surface area contributed by atoms with Gasteiger partial charge in [0.2, 0.25) is 5.75 Å². The molecule has 0 radical (unpaired) electrons. The normalized spacial score (nSPS) is 10.7. The first-order chi connectivity index (χ1) is 12.5. The predicted octanol–water partition coefficient (Wildman–Crippen LogP) is 3.42. The summed E-state index contributed by atoms with van der Waals surface area (Å²) < 4.78 is 16.3. The van der Waals surface area contributed by atoms with Crippen molar-refractivity contribution in [2.24, 2.45) is 0 Å². The van der Waals surface area contributed by atoms with E-state index in [9.17, 15) is 0 Å².